The Morgan fingerprint density at radius 2 is 2.25 bits per heavy atom. The molecule has 1 saturated heterocycles. The van der Waals surface area contributed by atoms with Crippen molar-refractivity contribution in [3.05, 3.63) is 0 Å². The molecule has 0 spiro atoms. The normalized spacial score (nSPS) is 23.6. The second-order valence-electron chi connectivity index (χ2n) is 5.21. The van der Waals surface area contributed by atoms with Crippen molar-refractivity contribution in [1.29, 1.82) is 5.26 Å². The number of nitrogens with one attached hydrogen (secondary N) is 1. The molecule has 0 aromatic carbocycles. The third-order valence-electron chi connectivity index (χ3n) is 3.20. The zero-order valence-electron chi connectivity index (χ0n) is 10.9. The van der Waals surface area contributed by atoms with Gasteiger partial charge in [-0.3, -0.25) is 5.32 Å². The monoisotopic (exact) mass is 223 g/mol. The molecule has 0 bridgehead atoms. The van der Waals surface area contributed by atoms with E-state index in [0.717, 1.165) is 12.5 Å². The molecule has 0 aromatic rings. The minimum absolute atomic E-state index is 0.0135. The van der Waals surface area contributed by atoms with Crippen molar-refractivity contribution in [3.8, 4) is 6.07 Å². The summed E-state index contributed by atoms with van der Waals surface area (Å²) in [5.41, 5.74) is 0. The molecule has 1 fully saturated rings. The molecule has 1 heterocycles. The van der Waals surface area contributed by atoms with Gasteiger partial charge in [-0.2, -0.15) is 5.26 Å². The van der Waals surface area contributed by atoms with E-state index in [1.165, 1.54) is 32.4 Å². The smallest absolute Gasteiger partial charge is 0.108 e. The van der Waals surface area contributed by atoms with Crippen molar-refractivity contribution < 1.29 is 0 Å². The Bertz CT molecular complexity index is 232. The van der Waals surface area contributed by atoms with Crippen LogP contribution >= 0.6 is 0 Å². The topological polar surface area (TPSA) is 39.1 Å². The molecule has 0 radical (unpaired) electrons. The van der Waals surface area contributed by atoms with E-state index in [-0.39, 0.29) is 6.04 Å². The fourth-order valence-corrected chi connectivity index (χ4v) is 2.51. The van der Waals surface area contributed by atoms with E-state index >= 15 is 0 Å². The van der Waals surface area contributed by atoms with Gasteiger partial charge in [0.05, 0.1) is 6.07 Å². The van der Waals surface area contributed by atoms with Crippen molar-refractivity contribution in [2.24, 2.45) is 5.92 Å². The van der Waals surface area contributed by atoms with Crippen LogP contribution in [0, 0.1) is 17.2 Å². The van der Waals surface area contributed by atoms with Crippen molar-refractivity contribution in [2.45, 2.75) is 52.1 Å². The molecule has 0 saturated carbocycles. The third-order valence-corrected chi connectivity index (χ3v) is 3.20. The molecule has 3 heteroatoms. The Morgan fingerprint density at radius 1 is 1.50 bits per heavy atom. The summed E-state index contributed by atoms with van der Waals surface area (Å²) in [6.07, 6.45) is 3.93. The van der Waals surface area contributed by atoms with Crippen LogP contribution in [0.5, 0.6) is 0 Å². The molecule has 2 atom stereocenters. The minimum atomic E-state index is -0.0135. The average Bonchev–Trinajstić information content (AvgIpc) is 2.64. The highest BCUT2D eigenvalue weighted by atomic mass is 15.2. The number of hydrogen-bond donors (Lipinski definition) is 1. The molecule has 2 unspecified atom stereocenters. The highest BCUT2D eigenvalue weighted by Crippen LogP contribution is 2.20. The maximum Gasteiger partial charge on any atom is 0.108 e. The molecule has 1 N–H and O–H groups in total. The van der Waals surface area contributed by atoms with E-state index in [9.17, 15) is 0 Å². The maximum absolute atomic E-state index is 9.07. The lowest BCUT2D eigenvalue weighted by Gasteiger charge is -2.21. The standard InChI is InChI=1S/C13H25N3/c1-4-5-12-6-7-16(9-12)10-13(8-14)15-11(2)3/h11-13,15H,4-7,9-10H2,1-3H3. The maximum atomic E-state index is 9.07. The molecule has 0 aromatic heterocycles. The van der Waals surface area contributed by atoms with E-state index in [0.29, 0.717) is 6.04 Å². The predicted octanol–water partition coefficient (Wildman–Crippen LogP) is 2.00. The molecule has 0 aliphatic carbocycles. The van der Waals surface area contributed by atoms with Crippen LogP contribution in [-0.4, -0.2) is 36.6 Å². The van der Waals surface area contributed by atoms with Crippen molar-refractivity contribution in [1.82, 2.24) is 10.2 Å². The van der Waals surface area contributed by atoms with Gasteiger partial charge in [-0.1, -0.05) is 13.3 Å². The number of hydrogen-bond acceptors (Lipinski definition) is 3. The van der Waals surface area contributed by atoms with Crippen molar-refractivity contribution >= 4 is 0 Å². The number of nitrogens with zero attached hydrogens (tertiary/aromatic N) is 2. The van der Waals surface area contributed by atoms with Gasteiger partial charge in [0.15, 0.2) is 0 Å². The quantitative estimate of drug-likeness (QED) is 0.748. The molecule has 1 aliphatic rings. The molecule has 1 aliphatic heterocycles. The lowest BCUT2D eigenvalue weighted by molar-refractivity contribution is 0.293. The summed E-state index contributed by atoms with van der Waals surface area (Å²) in [7, 11) is 0. The van der Waals surface area contributed by atoms with E-state index in [2.05, 4.69) is 37.1 Å². The summed E-state index contributed by atoms with van der Waals surface area (Å²) in [5.74, 6) is 0.864. The van der Waals surface area contributed by atoms with Gasteiger partial charge in [0.25, 0.3) is 0 Å². The largest absolute Gasteiger partial charge is 0.300 e. The zero-order valence-corrected chi connectivity index (χ0v) is 10.9. The zero-order chi connectivity index (χ0) is 12.0. The van der Waals surface area contributed by atoms with Crippen LogP contribution in [0.25, 0.3) is 0 Å². The van der Waals surface area contributed by atoms with E-state index in [1.807, 2.05) is 0 Å². The first-order valence-electron chi connectivity index (χ1n) is 6.53. The van der Waals surface area contributed by atoms with E-state index in [4.69, 9.17) is 5.26 Å². The van der Waals surface area contributed by atoms with Gasteiger partial charge in [0.2, 0.25) is 0 Å². The van der Waals surface area contributed by atoms with Crippen molar-refractivity contribution in [3.63, 3.8) is 0 Å². The molecular formula is C13H25N3. The Hall–Kier alpha value is -0.590. The number of nitriles is 1. The van der Waals surface area contributed by atoms with Gasteiger partial charge in [-0.15, -0.1) is 0 Å². The van der Waals surface area contributed by atoms with E-state index < -0.39 is 0 Å². The third kappa shape index (κ3) is 4.51. The highest BCUT2D eigenvalue weighted by molar-refractivity contribution is 4.94. The second kappa shape index (κ2) is 6.88. The van der Waals surface area contributed by atoms with Crippen LogP contribution in [0.15, 0.2) is 0 Å². The fourth-order valence-electron chi connectivity index (χ4n) is 2.51. The number of likely N-dealkylation sites (tertiary alicyclic amines) is 1. The molecular weight excluding hydrogens is 198 g/mol. The second-order valence-corrected chi connectivity index (χ2v) is 5.21. The Labute approximate surface area is 99.8 Å². The fraction of sp³-hybridized carbons (Fsp3) is 0.923. The minimum Gasteiger partial charge on any atom is -0.300 e. The summed E-state index contributed by atoms with van der Waals surface area (Å²) in [6, 6.07) is 2.73. The summed E-state index contributed by atoms with van der Waals surface area (Å²) in [5, 5.41) is 12.4. The SMILES string of the molecule is CCCC1CCN(CC(C#N)NC(C)C)C1. The first-order valence-corrected chi connectivity index (χ1v) is 6.53. The van der Waals surface area contributed by atoms with Gasteiger partial charge in [-0.05, 0) is 39.2 Å². The van der Waals surface area contributed by atoms with Crippen LogP contribution < -0.4 is 5.32 Å². The first-order chi connectivity index (χ1) is 7.65. The first kappa shape index (κ1) is 13.5. The van der Waals surface area contributed by atoms with Gasteiger partial charge in [-0.25, -0.2) is 0 Å². The molecule has 16 heavy (non-hydrogen) atoms. The molecule has 92 valence electrons. The van der Waals surface area contributed by atoms with Crippen LogP contribution in [-0.2, 0) is 0 Å². The Balaban J connectivity index is 2.29. The lowest BCUT2D eigenvalue weighted by Crippen LogP contribution is -2.42. The lowest BCUT2D eigenvalue weighted by atomic mass is 10.0. The average molecular weight is 223 g/mol. The van der Waals surface area contributed by atoms with Crippen LogP contribution in [0.2, 0.25) is 0 Å². The van der Waals surface area contributed by atoms with Gasteiger partial charge < -0.3 is 4.90 Å². The molecule has 3 nitrogen and oxygen atoms in total. The molecule has 1 rings (SSSR count). The summed E-state index contributed by atoms with van der Waals surface area (Å²) < 4.78 is 0. The highest BCUT2D eigenvalue weighted by Gasteiger charge is 2.23. The van der Waals surface area contributed by atoms with E-state index in [1.54, 1.807) is 0 Å². The summed E-state index contributed by atoms with van der Waals surface area (Å²) in [6.45, 7) is 9.67. The summed E-state index contributed by atoms with van der Waals surface area (Å²) >= 11 is 0. The van der Waals surface area contributed by atoms with Crippen LogP contribution in [0.3, 0.4) is 0 Å². The Morgan fingerprint density at radius 3 is 2.81 bits per heavy atom. The molecule has 0 amide bonds. The van der Waals surface area contributed by atoms with Gasteiger partial charge in [0.1, 0.15) is 6.04 Å². The number of rotatable bonds is 6. The van der Waals surface area contributed by atoms with Crippen molar-refractivity contribution in [2.75, 3.05) is 19.6 Å². The Kier molecular flexibility index (Phi) is 5.79. The van der Waals surface area contributed by atoms with Crippen LogP contribution in [0.4, 0.5) is 0 Å². The van der Waals surface area contributed by atoms with Gasteiger partial charge in [0, 0.05) is 19.1 Å². The predicted molar refractivity (Wildman–Crippen MR) is 67.1 cm³/mol. The van der Waals surface area contributed by atoms with Gasteiger partial charge >= 0.3 is 0 Å². The van der Waals surface area contributed by atoms with Crippen LogP contribution in [0.1, 0.15) is 40.0 Å². The summed E-state index contributed by atoms with van der Waals surface area (Å²) in [4.78, 5) is 2.43.